The van der Waals surface area contributed by atoms with Gasteiger partial charge in [0.05, 0.1) is 6.42 Å². The first-order chi connectivity index (χ1) is 31.5. The number of ether oxygens (including phenoxy) is 3. The molecule has 0 amide bonds. The number of hydrogen-bond acceptors (Lipinski definition) is 6. The summed E-state index contributed by atoms with van der Waals surface area (Å²) in [5.41, 5.74) is 0. The van der Waals surface area contributed by atoms with Crippen molar-refractivity contribution in [3.05, 3.63) is 122 Å². The topological polar surface area (TPSA) is 78.9 Å². The van der Waals surface area contributed by atoms with Crippen LogP contribution in [0.25, 0.3) is 0 Å². The van der Waals surface area contributed by atoms with Gasteiger partial charge in [-0.25, -0.2) is 0 Å². The number of carbonyl (C=O) groups excluding carboxylic acids is 3. The lowest BCUT2D eigenvalue weighted by molar-refractivity contribution is -0.166. The SMILES string of the molecule is CC\C=C/C=C\C=C/C=C\C=C\C=C/C=C\CCCCCC(=O)OCC(COC(=O)C/C=C\C/C=C\C/C=C\CC)OC(=O)CCCCCCCCCCCCCCCCCCCC. The third-order valence-electron chi connectivity index (χ3n) is 10.4. The van der Waals surface area contributed by atoms with Crippen LogP contribution in [0.5, 0.6) is 0 Å². The molecule has 0 rings (SSSR count). The number of esters is 3. The predicted molar refractivity (Wildman–Crippen MR) is 274 cm³/mol. The summed E-state index contributed by atoms with van der Waals surface area (Å²) in [5, 5.41) is 0. The van der Waals surface area contributed by atoms with E-state index in [-0.39, 0.29) is 38.0 Å². The highest BCUT2D eigenvalue weighted by Gasteiger charge is 2.19. The Morgan fingerprint density at radius 1 is 0.359 bits per heavy atom. The van der Waals surface area contributed by atoms with E-state index in [1.165, 1.54) is 96.3 Å². The zero-order valence-corrected chi connectivity index (χ0v) is 41.0. The molecular weight excluding hydrogens is 793 g/mol. The fourth-order valence-electron chi connectivity index (χ4n) is 6.66. The van der Waals surface area contributed by atoms with E-state index in [0.717, 1.165) is 64.2 Å². The molecule has 0 spiro atoms. The molecule has 0 N–H and O–H groups in total. The van der Waals surface area contributed by atoms with Crippen LogP contribution in [-0.4, -0.2) is 37.2 Å². The lowest BCUT2D eigenvalue weighted by Crippen LogP contribution is -2.30. The molecule has 0 aliphatic heterocycles. The summed E-state index contributed by atoms with van der Waals surface area (Å²) >= 11 is 0. The number of carbonyl (C=O) groups is 3. The third kappa shape index (κ3) is 48.8. The van der Waals surface area contributed by atoms with Gasteiger partial charge in [-0.15, -0.1) is 0 Å². The molecule has 0 aromatic rings. The quantitative estimate of drug-likeness (QED) is 0.0199. The molecule has 0 aromatic heterocycles. The third-order valence-corrected chi connectivity index (χ3v) is 10.4. The zero-order valence-electron chi connectivity index (χ0n) is 41.0. The number of rotatable bonds is 44. The van der Waals surface area contributed by atoms with Gasteiger partial charge in [0.25, 0.3) is 0 Å². The maximum absolute atomic E-state index is 12.8. The van der Waals surface area contributed by atoms with Crippen LogP contribution in [0.2, 0.25) is 0 Å². The van der Waals surface area contributed by atoms with Gasteiger partial charge >= 0.3 is 17.9 Å². The maximum Gasteiger partial charge on any atom is 0.309 e. The van der Waals surface area contributed by atoms with Gasteiger partial charge in [-0.3, -0.25) is 14.4 Å². The van der Waals surface area contributed by atoms with Crippen molar-refractivity contribution < 1.29 is 28.6 Å². The lowest BCUT2D eigenvalue weighted by atomic mass is 10.0. The van der Waals surface area contributed by atoms with Gasteiger partial charge in [0.15, 0.2) is 6.10 Å². The first kappa shape index (κ1) is 59.8. The van der Waals surface area contributed by atoms with E-state index < -0.39 is 12.1 Å². The summed E-state index contributed by atoms with van der Waals surface area (Å²) in [6, 6.07) is 0. The minimum atomic E-state index is -0.833. The molecule has 0 saturated heterocycles. The highest BCUT2D eigenvalue weighted by Crippen LogP contribution is 2.15. The van der Waals surface area contributed by atoms with Crippen LogP contribution in [0.4, 0.5) is 0 Å². The van der Waals surface area contributed by atoms with Crippen LogP contribution in [0.3, 0.4) is 0 Å². The molecule has 1 atom stereocenters. The van der Waals surface area contributed by atoms with Crippen molar-refractivity contribution in [1.29, 1.82) is 0 Å². The molecule has 0 fully saturated rings. The average molecular weight is 885 g/mol. The highest BCUT2D eigenvalue weighted by atomic mass is 16.6. The molecule has 6 nitrogen and oxygen atoms in total. The van der Waals surface area contributed by atoms with Crippen molar-refractivity contribution in [1.82, 2.24) is 0 Å². The number of allylic oxidation sites excluding steroid dienone is 19. The van der Waals surface area contributed by atoms with Crippen LogP contribution >= 0.6 is 0 Å². The standard InChI is InChI=1S/C58H92O6/c1-4-7-10-13-16-19-21-23-25-27-29-31-32-34-36-39-42-45-48-51-57(60)63-54-55(53-62-56(59)50-47-44-41-38-18-15-12-9-6-3)64-58(61)52-49-46-43-40-37-35-33-30-28-26-24-22-20-17-14-11-8-5-2/h7,9-10,12-13,16,18-19,21,23,25,27,29,31-32,34,36,38,44,47,55H,4-6,8,11,14-15,17,20,22,24,26,28,30,33,35,37,39-43,45-46,48-54H2,1-3H3/b10-7-,12-9-,16-13-,21-19-,25-23-,29-27+,32-31-,36-34-,38-18-,47-44-. The van der Waals surface area contributed by atoms with Gasteiger partial charge in [0, 0.05) is 12.8 Å². The molecule has 0 bridgehead atoms. The van der Waals surface area contributed by atoms with E-state index in [1.807, 2.05) is 79.0 Å². The molecular formula is C58H92O6. The van der Waals surface area contributed by atoms with Crippen molar-refractivity contribution in [2.75, 3.05) is 13.2 Å². The summed E-state index contributed by atoms with van der Waals surface area (Å²) < 4.78 is 16.6. The first-order valence-corrected chi connectivity index (χ1v) is 25.6. The van der Waals surface area contributed by atoms with E-state index >= 15 is 0 Å². The van der Waals surface area contributed by atoms with Gasteiger partial charge < -0.3 is 14.2 Å². The Labute approximate surface area is 392 Å². The highest BCUT2D eigenvalue weighted by molar-refractivity contribution is 5.72. The Balaban J connectivity index is 4.47. The van der Waals surface area contributed by atoms with Crippen molar-refractivity contribution in [2.24, 2.45) is 0 Å². The molecule has 0 aromatic carbocycles. The average Bonchev–Trinajstić information content (AvgIpc) is 3.29. The van der Waals surface area contributed by atoms with Gasteiger partial charge in [-0.2, -0.15) is 0 Å². The maximum atomic E-state index is 12.8. The minimum absolute atomic E-state index is 0.123. The van der Waals surface area contributed by atoms with Crippen LogP contribution in [0.1, 0.15) is 207 Å². The Hall–Kier alpha value is -4.19. The number of unbranched alkanes of at least 4 members (excludes halogenated alkanes) is 20. The van der Waals surface area contributed by atoms with Gasteiger partial charge in [-0.05, 0) is 51.4 Å². The molecule has 0 saturated carbocycles. The molecule has 0 heterocycles. The summed E-state index contributed by atoms with van der Waals surface area (Å²) in [5.74, 6) is -1.10. The Morgan fingerprint density at radius 2 is 0.734 bits per heavy atom. The second-order valence-electron chi connectivity index (χ2n) is 16.5. The molecule has 0 aliphatic rings. The summed E-state index contributed by atoms with van der Waals surface area (Å²) in [7, 11) is 0. The van der Waals surface area contributed by atoms with E-state index in [9.17, 15) is 14.4 Å². The number of hydrogen-bond donors (Lipinski definition) is 0. The molecule has 1 unspecified atom stereocenters. The van der Waals surface area contributed by atoms with Crippen LogP contribution in [-0.2, 0) is 28.6 Å². The molecule has 0 radical (unpaired) electrons. The smallest absolute Gasteiger partial charge is 0.309 e. The van der Waals surface area contributed by atoms with Crippen molar-refractivity contribution in [2.45, 2.75) is 213 Å². The minimum Gasteiger partial charge on any atom is -0.462 e. The second kappa shape index (κ2) is 51.4. The van der Waals surface area contributed by atoms with E-state index in [2.05, 4.69) is 57.2 Å². The van der Waals surface area contributed by atoms with Gasteiger partial charge in [0.2, 0.25) is 0 Å². The summed E-state index contributed by atoms with van der Waals surface area (Å²) in [4.78, 5) is 37.8. The van der Waals surface area contributed by atoms with Crippen LogP contribution in [0.15, 0.2) is 122 Å². The monoisotopic (exact) mass is 885 g/mol. The first-order valence-electron chi connectivity index (χ1n) is 25.6. The Bertz CT molecular complexity index is 1390. The fraction of sp³-hybridized carbons (Fsp3) is 0.603. The van der Waals surface area contributed by atoms with Gasteiger partial charge in [0.1, 0.15) is 13.2 Å². The summed E-state index contributed by atoms with van der Waals surface area (Å²) in [6.45, 7) is 6.23. The van der Waals surface area contributed by atoms with Crippen molar-refractivity contribution in [3.63, 3.8) is 0 Å². The van der Waals surface area contributed by atoms with Crippen molar-refractivity contribution in [3.8, 4) is 0 Å². The summed E-state index contributed by atoms with van der Waals surface area (Å²) in [6.07, 6.45) is 70.8. The second-order valence-corrected chi connectivity index (χ2v) is 16.5. The lowest BCUT2D eigenvalue weighted by Gasteiger charge is -2.18. The zero-order chi connectivity index (χ0) is 46.5. The van der Waals surface area contributed by atoms with Crippen LogP contribution in [0, 0.1) is 0 Å². The van der Waals surface area contributed by atoms with E-state index in [0.29, 0.717) is 12.8 Å². The van der Waals surface area contributed by atoms with Gasteiger partial charge in [-0.1, -0.05) is 258 Å². The molecule has 0 aliphatic carbocycles. The normalized spacial score (nSPS) is 13.1. The molecule has 360 valence electrons. The Morgan fingerprint density at radius 3 is 1.22 bits per heavy atom. The van der Waals surface area contributed by atoms with E-state index in [1.54, 1.807) is 6.08 Å². The fourth-order valence-corrected chi connectivity index (χ4v) is 6.66. The largest absolute Gasteiger partial charge is 0.462 e. The molecule has 64 heavy (non-hydrogen) atoms. The van der Waals surface area contributed by atoms with Crippen molar-refractivity contribution >= 4 is 17.9 Å². The van der Waals surface area contributed by atoms with E-state index in [4.69, 9.17) is 14.2 Å². The molecule has 6 heteroatoms. The van der Waals surface area contributed by atoms with Crippen LogP contribution < -0.4 is 0 Å². The Kier molecular flexibility index (Phi) is 48.1. The predicted octanol–water partition coefficient (Wildman–Crippen LogP) is 16.9.